The van der Waals surface area contributed by atoms with Gasteiger partial charge in [-0.05, 0) is 19.1 Å². The highest BCUT2D eigenvalue weighted by Crippen LogP contribution is 2.07. The van der Waals surface area contributed by atoms with Crippen molar-refractivity contribution in [3.05, 3.63) is 46.2 Å². The second kappa shape index (κ2) is 4.97. The molecule has 0 saturated carbocycles. The van der Waals surface area contributed by atoms with Crippen LogP contribution in [0.15, 0.2) is 40.1 Å². The van der Waals surface area contributed by atoms with Crippen molar-refractivity contribution < 1.29 is 0 Å². The zero-order chi connectivity index (χ0) is 13.1. The summed E-state index contributed by atoms with van der Waals surface area (Å²) in [5.41, 5.74) is 6.53. The van der Waals surface area contributed by atoms with Gasteiger partial charge in [0.05, 0.1) is 10.7 Å². The Bertz CT molecular complexity index is 654. The predicted molar refractivity (Wildman–Crippen MR) is 76.7 cm³/mol. The van der Waals surface area contributed by atoms with Crippen LogP contribution in [-0.4, -0.2) is 21.0 Å². The third kappa shape index (κ3) is 2.38. The Morgan fingerprint density at radius 1 is 1.44 bits per heavy atom. The highest BCUT2D eigenvalue weighted by molar-refractivity contribution is 7.80. The number of aromatic nitrogens is 2. The third-order valence-corrected chi connectivity index (χ3v) is 2.45. The van der Waals surface area contributed by atoms with Gasteiger partial charge in [0.2, 0.25) is 0 Å². The van der Waals surface area contributed by atoms with E-state index in [1.165, 1.54) is 10.9 Å². The number of hydrogen-bond donors (Lipinski definition) is 2. The molecule has 0 radical (unpaired) electrons. The highest BCUT2D eigenvalue weighted by Gasteiger charge is 2.10. The quantitative estimate of drug-likeness (QED) is 0.635. The first-order valence-corrected chi connectivity index (χ1v) is 5.71. The molecule has 92 valence electrons. The van der Waals surface area contributed by atoms with Crippen LogP contribution in [-0.2, 0) is 0 Å². The molecular weight excluding hydrogens is 248 g/mol. The van der Waals surface area contributed by atoms with Crippen molar-refractivity contribution in [2.45, 2.75) is 6.92 Å². The molecule has 0 saturated heterocycles. The molecule has 0 spiro atoms. The number of rotatable bonds is 2. The Morgan fingerprint density at radius 3 is 2.72 bits per heavy atom. The first-order chi connectivity index (χ1) is 8.59. The average Bonchev–Trinajstić information content (AvgIpc) is 2.63. The Balaban J connectivity index is 2.51. The van der Waals surface area contributed by atoms with Crippen molar-refractivity contribution >= 4 is 29.2 Å². The molecule has 0 bridgehead atoms. The molecule has 0 unspecified atom stereocenters. The first-order valence-electron chi connectivity index (χ1n) is 5.30. The van der Waals surface area contributed by atoms with Crippen LogP contribution in [0.3, 0.4) is 0 Å². The minimum atomic E-state index is -0.251. The number of aliphatic imine (C=N–C) groups is 1. The molecule has 0 aliphatic carbocycles. The second-order valence-electron chi connectivity index (χ2n) is 3.69. The Morgan fingerprint density at radius 2 is 2.11 bits per heavy atom. The Hall–Kier alpha value is -2.21. The second-order valence-corrected chi connectivity index (χ2v) is 4.28. The number of para-hydroxylation sites is 1. The summed E-state index contributed by atoms with van der Waals surface area (Å²) < 4.78 is 1.37. The SMILES string of the molecule is CC(=S)N=Cc1c(N)[nH]n(-c2ccccc2)c1=O. The summed E-state index contributed by atoms with van der Waals surface area (Å²) >= 11 is 4.82. The maximum absolute atomic E-state index is 12.1. The van der Waals surface area contributed by atoms with Crippen molar-refractivity contribution in [2.75, 3.05) is 5.73 Å². The number of anilines is 1. The molecule has 0 aliphatic rings. The number of nitrogens with zero attached hydrogens (tertiary/aromatic N) is 2. The summed E-state index contributed by atoms with van der Waals surface area (Å²) in [6, 6.07) is 9.17. The van der Waals surface area contributed by atoms with Crippen LogP contribution < -0.4 is 11.3 Å². The number of aromatic amines is 1. The average molecular weight is 260 g/mol. The summed E-state index contributed by atoms with van der Waals surface area (Å²) in [5, 5.41) is 2.80. The standard InChI is InChI=1S/C12H12N4OS/c1-8(18)14-7-10-11(13)15-16(12(10)17)9-5-3-2-4-6-9/h2-7,15H,13H2,1H3. The number of thiocarbonyl (C=S) groups is 1. The fraction of sp³-hybridized carbons (Fsp3) is 0.0833. The summed E-state index contributed by atoms with van der Waals surface area (Å²) in [6.07, 6.45) is 1.38. The van der Waals surface area contributed by atoms with E-state index in [4.69, 9.17) is 18.0 Å². The van der Waals surface area contributed by atoms with Crippen LogP contribution in [0.2, 0.25) is 0 Å². The predicted octanol–water partition coefficient (Wildman–Crippen LogP) is 1.51. The van der Waals surface area contributed by atoms with Gasteiger partial charge in [-0.25, -0.2) is 9.67 Å². The van der Waals surface area contributed by atoms with Gasteiger partial charge in [-0.1, -0.05) is 30.4 Å². The number of H-pyrrole nitrogens is 1. The molecule has 0 amide bonds. The van der Waals surface area contributed by atoms with Gasteiger partial charge < -0.3 is 5.73 Å². The molecule has 1 aromatic heterocycles. The monoisotopic (exact) mass is 260 g/mol. The molecule has 18 heavy (non-hydrogen) atoms. The maximum atomic E-state index is 12.1. The zero-order valence-electron chi connectivity index (χ0n) is 9.75. The Labute approximate surface area is 109 Å². The van der Waals surface area contributed by atoms with E-state index in [1.807, 2.05) is 30.3 Å². The van der Waals surface area contributed by atoms with E-state index >= 15 is 0 Å². The lowest BCUT2D eigenvalue weighted by molar-refractivity contribution is 0.853. The van der Waals surface area contributed by atoms with E-state index < -0.39 is 0 Å². The van der Waals surface area contributed by atoms with Gasteiger partial charge >= 0.3 is 0 Å². The molecule has 0 atom stereocenters. The van der Waals surface area contributed by atoms with E-state index in [9.17, 15) is 4.79 Å². The zero-order valence-corrected chi connectivity index (χ0v) is 10.6. The molecule has 2 aromatic rings. The molecule has 1 aromatic carbocycles. The van der Waals surface area contributed by atoms with Gasteiger partial charge in [0, 0.05) is 6.21 Å². The molecule has 2 rings (SSSR count). The minimum absolute atomic E-state index is 0.251. The summed E-state index contributed by atoms with van der Waals surface area (Å²) in [6.45, 7) is 1.67. The molecule has 5 nitrogen and oxygen atoms in total. The van der Waals surface area contributed by atoms with Crippen LogP contribution in [0, 0.1) is 0 Å². The lowest BCUT2D eigenvalue weighted by Gasteiger charge is -1.99. The first kappa shape index (κ1) is 12.3. The number of benzene rings is 1. The van der Waals surface area contributed by atoms with E-state index in [-0.39, 0.29) is 11.4 Å². The highest BCUT2D eigenvalue weighted by atomic mass is 32.1. The van der Waals surface area contributed by atoms with Gasteiger partial charge in [-0.15, -0.1) is 0 Å². The van der Waals surface area contributed by atoms with Crippen LogP contribution >= 0.6 is 12.2 Å². The molecule has 1 heterocycles. The number of nitrogens with two attached hydrogens (primary N) is 1. The molecule has 6 heteroatoms. The number of nitrogen functional groups attached to an aromatic ring is 1. The van der Waals surface area contributed by atoms with Crippen molar-refractivity contribution in [1.29, 1.82) is 0 Å². The topological polar surface area (TPSA) is 76.2 Å². The van der Waals surface area contributed by atoms with Crippen LogP contribution in [0.25, 0.3) is 5.69 Å². The van der Waals surface area contributed by atoms with Gasteiger partial charge in [-0.3, -0.25) is 9.89 Å². The fourth-order valence-corrected chi connectivity index (χ4v) is 1.56. The number of nitrogens with one attached hydrogen (secondary N) is 1. The lowest BCUT2D eigenvalue weighted by Crippen LogP contribution is -2.17. The van der Waals surface area contributed by atoms with Crippen LogP contribution in [0.5, 0.6) is 0 Å². The summed E-state index contributed by atoms with van der Waals surface area (Å²) in [4.78, 5) is 16.5. The van der Waals surface area contributed by atoms with E-state index in [2.05, 4.69) is 10.1 Å². The van der Waals surface area contributed by atoms with Crippen molar-refractivity contribution in [2.24, 2.45) is 4.99 Å². The third-order valence-electron chi connectivity index (χ3n) is 2.35. The van der Waals surface area contributed by atoms with E-state index in [0.717, 1.165) is 0 Å². The van der Waals surface area contributed by atoms with Crippen molar-refractivity contribution in [1.82, 2.24) is 9.78 Å². The fourth-order valence-electron chi connectivity index (χ4n) is 1.51. The van der Waals surface area contributed by atoms with Crippen LogP contribution in [0.4, 0.5) is 5.82 Å². The summed E-state index contributed by atoms with van der Waals surface area (Å²) in [7, 11) is 0. The van der Waals surface area contributed by atoms with Gasteiger partial charge in [-0.2, -0.15) is 0 Å². The normalized spacial score (nSPS) is 10.9. The largest absolute Gasteiger partial charge is 0.383 e. The van der Waals surface area contributed by atoms with E-state index in [0.29, 0.717) is 16.2 Å². The van der Waals surface area contributed by atoms with Gasteiger partial charge in [0.15, 0.2) is 0 Å². The van der Waals surface area contributed by atoms with Crippen LogP contribution in [0.1, 0.15) is 12.5 Å². The van der Waals surface area contributed by atoms with Crippen molar-refractivity contribution in [3.8, 4) is 5.69 Å². The maximum Gasteiger partial charge on any atom is 0.282 e. The summed E-state index contributed by atoms with van der Waals surface area (Å²) in [5.74, 6) is 0.267. The molecule has 3 N–H and O–H groups in total. The van der Waals surface area contributed by atoms with E-state index in [1.54, 1.807) is 6.92 Å². The van der Waals surface area contributed by atoms with Crippen molar-refractivity contribution in [3.63, 3.8) is 0 Å². The smallest absolute Gasteiger partial charge is 0.282 e. The minimum Gasteiger partial charge on any atom is -0.383 e. The van der Waals surface area contributed by atoms with Gasteiger partial charge in [0.1, 0.15) is 11.4 Å². The number of hydrogen-bond acceptors (Lipinski definition) is 3. The van der Waals surface area contributed by atoms with Gasteiger partial charge in [0.25, 0.3) is 5.56 Å². The molecule has 0 fully saturated rings. The molecule has 0 aliphatic heterocycles. The Kier molecular flexibility index (Phi) is 3.38. The molecular formula is C12H12N4OS. The lowest BCUT2D eigenvalue weighted by atomic mass is 10.3.